The fraction of sp³-hybridized carbons (Fsp3) is 0.182. The highest BCUT2D eigenvalue weighted by Gasteiger charge is 2.04. The second-order valence-corrected chi connectivity index (χ2v) is 4.53. The van der Waals surface area contributed by atoms with E-state index in [2.05, 4.69) is 27.6 Å². The van der Waals surface area contributed by atoms with E-state index in [0.717, 1.165) is 11.5 Å². The minimum Gasteiger partial charge on any atom is -0.390 e. The summed E-state index contributed by atoms with van der Waals surface area (Å²) < 4.78 is 3.18. The van der Waals surface area contributed by atoms with E-state index in [1.807, 2.05) is 42.0 Å². The first-order chi connectivity index (χ1) is 7.20. The van der Waals surface area contributed by atoms with E-state index in [0.29, 0.717) is 5.69 Å². The third kappa shape index (κ3) is 2.21. The smallest absolute Gasteiger partial charge is 0.110 e. The Kier molecular flexibility index (Phi) is 3.06. The number of halogens is 1. The van der Waals surface area contributed by atoms with Crippen molar-refractivity contribution in [1.82, 2.24) is 9.55 Å². The molecular weight excluding hydrogens is 303 g/mol. The molecule has 1 aromatic carbocycles. The molecule has 3 nitrogen and oxygen atoms in total. The Bertz CT molecular complexity index is 462. The Balaban J connectivity index is 2.44. The van der Waals surface area contributed by atoms with Crippen molar-refractivity contribution in [2.75, 3.05) is 0 Å². The average molecular weight is 314 g/mol. The predicted octanol–water partition coefficient (Wildman–Crippen LogP) is 2.28. The number of aliphatic hydroxyl groups is 1. The quantitative estimate of drug-likeness (QED) is 0.864. The molecule has 0 radical (unpaired) electrons. The topological polar surface area (TPSA) is 38.1 Å². The zero-order valence-electron chi connectivity index (χ0n) is 8.31. The van der Waals surface area contributed by atoms with E-state index in [1.54, 1.807) is 0 Å². The molecule has 0 bridgehead atoms. The van der Waals surface area contributed by atoms with Gasteiger partial charge in [0.15, 0.2) is 0 Å². The third-order valence-electron chi connectivity index (χ3n) is 2.20. The monoisotopic (exact) mass is 314 g/mol. The van der Waals surface area contributed by atoms with Gasteiger partial charge in [-0.15, -0.1) is 0 Å². The maximum atomic E-state index is 8.99. The van der Waals surface area contributed by atoms with Gasteiger partial charge in [0.2, 0.25) is 0 Å². The van der Waals surface area contributed by atoms with Crippen LogP contribution < -0.4 is 0 Å². The first-order valence-electron chi connectivity index (χ1n) is 4.62. The van der Waals surface area contributed by atoms with Gasteiger partial charge in [0.1, 0.15) is 5.82 Å². The Morgan fingerprint density at radius 1 is 1.33 bits per heavy atom. The zero-order valence-corrected chi connectivity index (χ0v) is 10.5. The van der Waals surface area contributed by atoms with Gasteiger partial charge in [0, 0.05) is 15.5 Å². The number of aliphatic hydroxyl groups excluding tert-OH is 1. The van der Waals surface area contributed by atoms with Crippen LogP contribution in [-0.2, 0) is 6.61 Å². The van der Waals surface area contributed by atoms with Gasteiger partial charge in [0.25, 0.3) is 0 Å². The highest BCUT2D eigenvalue weighted by Crippen LogP contribution is 2.14. The van der Waals surface area contributed by atoms with Crippen LogP contribution in [0.15, 0.2) is 30.5 Å². The Labute approximate surface area is 102 Å². The minimum atomic E-state index is -0.0157. The van der Waals surface area contributed by atoms with Crippen molar-refractivity contribution in [1.29, 1.82) is 0 Å². The molecule has 0 saturated carbocycles. The highest BCUT2D eigenvalue weighted by atomic mass is 127. The van der Waals surface area contributed by atoms with Crippen molar-refractivity contribution < 1.29 is 5.11 Å². The molecule has 4 heteroatoms. The molecule has 0 unspecified atom stereocenters. The molecule has 0 spiro atoms. The molecule has 0 aliphatic heterocycles. The Hall–Kier alpha value is -0.880. The van der Waals surface area contributed by atoms with Crippen molar-refractivity contribution >= 4 is 22.6 Å². The Morgan fingerprint density at radius 3 is 2.53 bits per heavy atom. The van der Waals surface area contributed by atoms with Crippen LogP contribution in [0.2, 0.25) is 0 Å². The molecule has 0 aliphatic rings. The molecule has 0 fully saturated rings. The van der Waals surface area contributed by atoms with Crippen molar-refractivity contribution in [3.05, 3.63) is 45.6 Å². The summed E-state index contributed by atoms with van der Waals surface area (Å²) in [6.07, 6.45) is 1.86. The van der Waals surface area contributed by atoms with Gasteiger partial charge in [-0.3, -0.25) is 0 Å². The molecule has 0 amide bonds. The molecule has 0 saturated heterocycles. The predicted molar refractivity (Wildman–Crippen MR) is 66.9 cm³/mol. The lowest BCUT2D eigenvalue weighted by molar-refractivity contribution is 0.277. The van der Waals surface area contributed by atoms with E-state index < -0.39 is 0 Å². The van der Waals surface area contributed by atoms with Crippen LogP contribution in [0, 0.1) is 10.5 Å². The van der Waals surface area contributed by atoms with E-state index in [1.165, 1.54) is 3.57 Å². The van der Waals surface area contributed by atoms with E-state index >= 15 is 0 Å². The number of imidazole rings is 1. The van der Waals surface area contributed by atoms with Crippen LogP contribution in [0.3, 0.4) is 0 Å². The molecule has 2 aromatic rings. The number of nitrogens with zero attached hydrogens (tertiary/aromatic N) is 2. The summed E-state index contributed by atoms with van der Waals surface area (Å²) in [7, 11) is 0. The first-order valence-corrected chi connectivity index (χ1v) is 5.70. The summed E-state index contributed by atoms with van der Waals surface area (Å²) >= 11 is 2.27. The molecule has 0 atom stereocenters. The summed E-state index contributed by atoms with van der Waals surface area (Å²) in [5.74, 6) is 0.889. The van der Waals surface area contributed by atoms with Crippen molar-refractivity contribution in [3.8, 4) is 5.69 Å². The molecule has 1 N–H and O–H groups in total. The van der Waals surface area contributed by atoms with Crippen LogP contribution in [0.25, 0.3) is 5.69 Å². The van der Waals surface area contributed by atoms with Crippen LogP contribution in [0.1, 0.15) is 11.5 Å². The van der Waals surface area contributed by atoms with Crippen LogP contribution in [0.4, 0.5) is 0 Å². The molecule has 78 valence electrons. The van der Waals surface area contributed by atoms with Gasteiger partial charge >= 0.3 is 0 Å². The molecule has 1 heterocycles. The fourth-order valence-electron chi connectivity index (χ4n) is 1.47. The normalized spacial score (nSPS) is 10.6. The Morgan fingerprint density at radius 2 is 2.00 bits per heavy atom. The number of benzene rings is 1. The van der Waals surface area contributed by atoms with Crippen molar-refractivity contribution in [2.45, 2.75) is 13.5 Å². The number of hydrogen-bond acceptors (Lipinski definition) is 2. The SMILES string of the molecule is Cc1nc(CO)cn1-c1ccc(I)cc1. The first kappa shape index (κ1) is 10.6. The lowest BCUT2D eigenvalue weighted by atomic mass is 10.3. The fourth-order valence-corrected chi connectivity index (χ4v) is 1.83. The summed E-state index contributed by atoms with van der Waals surface area (Å²) in [6, 6.07) is 8.18. The summed E-state index contributed by atoms with van der Waals surface area (Å²) in [5.41, 5.74) is 1.77. The van der Waals surface area contributed by atoms with Gasteiger partial charge in [-0.05, 0) is 53.8 Å². The summed E-state index contributed by atoms with van der Waals surface area (Å²) in [5, 5.41) is 8.99. The lowest BCUT2D eigenvalue weighted by Crippen LogP contribution is -1.94. The van der Waals surface area contributed by atoms with Gasteiger partial charge in [-0.25, -0.2) is 4.98 Å². The molecule has 0 aliphatic carbocycles. The highest BCUT2D eigenvalue weighted by molar-refractivity contribution is 14.1. The molecule has 15 heavy (non-hydrogen) atoms. The van der Waals surface area contributed by atoms with Crippen LogP contribution in [-0.4, -0.2) is 14.7 Å². The van der Waals surface area contributed by atoms with E-state index in [-0.39, 0.29) is 6.61 Å². The third-order valence-corrected chi connectivity index (χ3v) is 2.92. The molecule has 1 aromatic heterocycles. The minimum absolute atomic E-state index is 0.0157. The van der Waals surface area contributed by atoms with E-state index in [9.17, 15) is 0 Å². The zero-order chi connectivity index (χ0) is 10.8. The number of aryl methyl sites for hydroxylation is 1. The largest absolute Gasteiger partial charge is 0.390 e. The number of rotatable bonds is 2. The number of aromatic nitrogens is 2. The maximum Gasteiger partial charge on any atom is 0.110 e. The van der Waals surface area contributed by atoms with Gasteiger partial charge in [0.05, 0.1) is 12.3 Å². The number of hydrogen-bond donors (Lipinski definition) is 1. The van der Waals surface area contributed by atoms with Crippen LogP contribution >= 0.6 is 22.6 Å². The van der Waals surface area contributed by atoms with Crippen molar-refractivity contribution in [2.24, 2.45) is 0 Å². The van der Waals surface area contributed by atoms with Gasteiger partial charge < -0.3 is 9.67 Å². The molecular formula is C11H11IN2O. The summed E-state index contributed by atoms with van der Waals surface area (Å²) in [4.78, 5) is 4.24. The second kappa shape index (κ2) is 4.32. The second-order valence-electron chi connectivity index (χ2n) is 3.28. The van der Waals surface area contributed by atoms with Gasteiger partial charge in [-0.1, -0.05) is 0 Å². The van der Waals surface area contributed by atoms with Gasteiger partial charge in [-0.2, -0.15) is 0 Å². The van der Waals surface area contributed by atoms with Crippen molar-refractivity contribution in [3.63, 3.8) is 0 Å². The molecule has 2 rings (SSSR count). The average Bonchev–Trinajstić information content (AvgIpc) is 2.61. The van der Waals surface area contributed by atoms with E-state index in [4.69, 9.17) is 5.11 Å². The maximum absolute atomic E-state index is 8.99. The summed E-state index contributed by atoms with van der Waals surface area (Å²) in [6.45, 7) is 1.91. The lowest BCUT2D eigenvalue weighted by Gasteiger charge is -2.04. The van der Waals surface area contributed by atoms with Crippen LogP contribution in [0.5, 0.6) is 0 Å². The standard InChI is InChI=1S/C11H11IN2O/c1-8-13-10(7-15)6-14(8)11-4-2-9(12)3-5-11/h2-6,15H,7H2,1H3.